The average molecular weight is 142 g/mol. The van der Waals surface area contributed by atoms with Gasteiger partial charge in [0.15, 0.2) is 6.29 Å². The van der Waals surface area contributed by atoms with Gasteiger partial charge in [0.1, 0.15) is 0 Å². The number of aldehydes is 1. The second-order valence-corrected chi connectivity index (χ2v) is 3.48. The number of carbonyl (C=O) groups excluding carboxylic acids is 1. The van der Waals surface area contributed by atoms with Crippen molar-refractivity contribution in [2.75, 3.05) is 0 Å². The Hall–Kier alpha value is -0.240. The maximum Gasteiger partial charge on any atom is 0.156 e. The predicted molar refractivity (Wildman–Crippen MR) is 40.4 cm³/mol. The molecule has 9 heavy (non-hydrogen) atoms. The molecular weight excluding hydrogens is 132 g/mol. The van der Waals surface area contributed by atoms with Gasteiger partial charge < -0.3 is 0 Å². The van der Waals surface area contributed by atoms with Gasteiger partial charge in [-0.2, -0.15) is 0 Å². The molecule has 1 unspecified atom stereocenters. The Morgan fingerprint density at radius 2 is 2.78 bits per heavy atom. The summed E-state index contributed by atoms with van der Waals surface area (Å²) in [7, 11) is 0. The van der Waals surface area contributed by atoms with Gasteiger partial charge in [-0.3, -0.25) is 4.79 Å². The maximum atomic E-state index is 10.2. The van der Waals surface area contributed by atoms with Crippen LogP contribution in [-0.2, 0) is 4.79 Å². The summed E-state index contributed by atoms with van der Waals surface area (Å²) in [5, 5.41) is 0.671. The highest BCUT2D eigenvalue weighted by atomic mass is 32.2. The number of hydrogen-bond acceptors (Lipinski definition) is 2. The zero-order chi connectivity index (χ0) is 6.69. The maximum absolute atomic E-state index is 10.2. The predicted octanol–water partition coefficient (Wildman–Crippen LogP) is 1.98. The Bertz CT molecular complexity index is 140. The molecule has 0 N–H and O–H groups in total. The van der Waals surface area contributed by atoms with Crippen molar-refractivity contribution in [2.45, 2.75) is 25.0 Å². The molecule has 0 spiro atoms. The number of hydrogen-bond donors (Lipinski definition) is 0. The van der Waals surface area contributed by atoms with Crippen LogP contribution in [0.15, 0.2) is 11.0 Å². The summed E-state index contributed by atoms with van der Waals surface area (Å²) >= 11 is 1.70. The molecule has 0 aromatic heterocycles. The lowest BCUT2D eigenvalue weighted by molar-refractivity contribution is -0.104. The van der Waals surface area contributed by atoms with E-state index in [4.69, 9.17) is 0 Å². The van der Waals surface area contributed by atoms with E-state index in [1.165, 1.54) is 6.42 Å². The van der Waals surface area contributed by atoms with Crippen LogP contribution in [0.3, 0.4) is 0 Å². The van der Waals surface area contributed by atoms with Crippen LogP contribution >= 0.6 is 11.8 Å². The molecule has 0 aromatic carbocycles. The fourth-order valence-corrected chi connectivity index (χ4v) is 1.85. The van der Waals surface area contributed by atoms with Gasteiger partial charge in [0, 0.05) is 10.2 Å². The summed E-state index contributed by atoms with van der Waals surface area (Å²) in [5.41, 5.74) is 0. The van der Waals surface area contributed by atoms with Crippen LogP contribution in [0.4, 0.5) is 0 Å². The summed E-state index contributed by atoms with van der Waals surface area (Å²) in [4.78, 5) is 11.1. The first-order valence-electron chi connectivity index (χ1n) is 3.18. The standard InChI is InChI=1S/C7H10OS/c1-2-6-3-4-7(5-8)9-6/h4-6H,2-3H2,1H3. The molecule has 0 bridgehead atoms. The third-order valence-electron chi connectivity index (χ3n) is 1.46. The highest BCUT2D eigenvalue weighted by Crippen LogP contribution is 2.32. The number of allylic oxidation sites excluding steroid dienone is 2. The number of carbonyl (C=O) groups is 1. The highest BCUT2D eigenvalue weighted by molar-refractivity contribution is 8.04. The van der Waals surface area contributed by atoms with E-state index in [-0.39, 0.29) is 0 Å². The van der Waals surface area contributed by atoms with E-state index in [1.54, 1.807) is 11.8 Å². The Labute approximate surface area is 59.5 Å². The molecule has 0 fully saturated rings. The first-order chi connectivity index (χ1) is 4.36. The second-order valence-electron chi connectivity index (χ2n) is 2.11. The van der Waals surface area contributed by atoms with Crippen molar-refractivity contribution in [3.05, 3.63) is 11.0 Å². The van der Waals surface area contributed by atoms with E-state index in [0.717, 1.165) is 17.6 Å². The van der Waals surface area contributed by atoms with Crippen molar-refractivity contribution in [2.24, 2.45) is 0 Å². The first kappa shape index (κ1) is 6.87. The SMILES string of the molecule is CCC1CC=C(C=O)S1. The molecule has 0 amide bonds. The molecule has 0 aromatic rings. The van der Waals surface area contributed by atoms with Crippen LogP contribution < -0.4 is 0 Å². The minimum Gasteiger partial charge on any atom is -0.297 e. The fraction of sp³-hybridized carbons (Fsp3) is 0.571. The Balaban J connectivity index is 2.39. The van der Waals surface area contributed by atoms with E-state index in [9.17, 15) is 4.79 Å². The molecule has 0 saturated heterocycles. The van der Waals surface area contributed by atoms with Crippen LogP contribution in [0.25, 0.3) is 0 Å². The van der Waals surface area contributed by atoms with Crippen molar-refractivity contribution in [3.8, 4) is 0 Å². The Morgan fingerprint density at radius 3 is 3.11 bits per heavy atom. The lowest BCUT2D eigenvalue weighted by Gasteiger charge is -2.01. The summed E-state index contributed by atoms with van der Waals surface area (Å²) in [6.45, 7) is 2.15. The Morgan fingerprint density at radius 1 is 2.00 bits per heavy atom. The van der Waals surface area contributed by atoms with Crippen LogP contribution in [0.1, 0.15) is 19.8 Å². The third-order valence-corrected chi connectivity index (χ3v) is 2.85. The number of rotatable bonds is 2. The normalized spacial score (nSPS) is 25.9. The van der Waals surface area contributed by atoms with E-state index in [2.05, 4.69) is 6.92 Å². The molecule has 1 aliphatic heterocycles. The lowest BCUT2D eigenvalue weighted by Crippen LogP contribution is -1.91. The monoisotopic (exact) mass is 142 g/mol. The molecule has 1 rings (SSSR count). The summed E-state index contributed by atoms with van der Waals surface area (Å²) in [5.74, 6) is 0. The van der Waals surface area contributed by atoms with Crippen molar-refractivity contribution in [1.29, 1.82) is 0 Å². The molecular formula is C7H10OS. The zero-order valence-corrected chi connectivity index (χ0v) is 6.28. The minimum absolute atomic E-state index is 0.671. The van der Waals surface area contributed by atoms with Crippen molar-refractivity contribution >= 4 is 18.0 Å². The summed E-state index contributed by atoms with van der Waals surface area (Å²) in [6.07, 6.45) is 5.21. The summed E-state index contributed by atoms with van der Waals surface area (Å²) in [6, 6.07) is 0. The third kappa shape index (κ3) is 1.58. The Kier molecular flexibility index (Phi) is 2.34. The smallest absolute Gasteiger partial charge is 0.156 e. The van der Waals surface area contributed by atoms with Crippen molar-refractivity contribution < 1.29 is 4.79 Å². The van der Waals surface area contributed by atoms with Gasteiger partial charge in [0.2, 0.25) is 0 Å². The van der Waals surface area contributed by atoms with Crippen molar-refractivity contribution in [1.82, 2.24) is 0 Å². The van der Waals surface area contributed by atoms with Crippen LogP contribution in [-0.4, -0.2) is 11.5 Å². The lowest BCUT2D eigenvalue weighted by atomic mass is 10.2. The molecule has 0 saturated carbocycles. The molecule has 0 radical (unpaired) electrons. The molecule has 1 heterocycles. The van der Waals surface area contributed by atoms with Gasteiger partial charge in [-0.05, 0) is 12.8 Å². The van der Waals surface area contributed by atoms with Gasteiger partial charge in [-0.1, -0.05) is 13.0 Å². The molecule has 2 heteroatoms. The van der Waals surface area contributed by atoms with Gasteiger partial charge in [0.25, 0.3) is 0 Å². The van der Waals surface area contributed by atoms with Crippen LogP contribution in [0.5, 0.6) is 0 Å². The average Bonchev–Trinajstić information content (AvgIpc) is 2.34. The van der Waals surface area contributed by atoms with Gasteiger partial charge in [-0.15, -0.1) is 11.8 Å². The van der Waals surface area contributed by atoms with Crippen LogP contribution in [0.2, 0.25) is 0 Å². The second kappa shape index (κ2) is 3.06. The van der Waals surface area contributed by atoms with Crippen LogP contribution in [0, 0.1) is 0 Å². The minimum atomic E-state index is 0.671. The van der Waals surface area contributed by atoms with Gasteiger partial charge in [-0.25, -0.2) is 0 Å². The molecule has 1 aliphatic rings. The topological polar surface area (TPSA) is 17.1 Å². The molecule has 1 atom stereocenters. The summed E-state index contributed by atoms with van der Waals surface area (Å²) < 4.78 is 0. The first-order valence-corrected chi connectivity index (χ1v) is 4.06. The molecule has 1 nitrogen and oxygen atoms in total. The fourth-order valence-electron chi connectivity index (χ4n) is 0.862. The quantitative estimate of drug-likeness (QED) is 0.548. The molecule has 0 aliphatic carbocycles. The highest BCUT2D eigenvalue weighted by Gasteiger charge is 2.14. The van der Waals surface area contributed by atoms with E-state index >= 15 is 0 Å². The van der Waals surface area contributed by atoms with Gasteiger partial charge >= 0.3 is 0 Å². The molecule has 50 valence electrons. The van der Waals surface area contributed by atoms with E-state index in [1.807, 2.05) is 6.08 Å². The van der Waals surface area contributed by atoms with Gasteiger partial charge in [0.05, 0.1) is 0 Å². The van der Waals surface area contributed by atoms with E-state index < -0.39 is 0 Å². The zero-order valence-electron chi connectivity index (χ0n) is 5.46. The van der Waals surface area contributed by atoms with Crippen molar-refractivity contribution in [3.63, 3.8) is 0 Å². The number of thioether (sulfide) groups is 1. The largest absolute Gasteiger partial charge is 0.297 e. The van der Waals surface area contributed by atoms with E-state index in [0.29, 0.717) is 5.25 Å².